The van der Waals surface area contributed by atoms with Gasteiger partial charge >= 0.3 is 0 Å². The molecule has 0 saturated carbocycles. The first-order chi connectivity index (χ1) is 8.54. The molecule has 0 aliphatic carbocycles. The van der Waals surface area contributed by atoms with Crippen LogP contribution in [0.4, 0.5) is 11.4 Å². The molecule has 8 nitrogen and oxygen atoms in total. The number of hydrogen-bond acceptors (Lipinski definition) is 6. The number of anilines is 1. The Balaban J connectivity index is 2.67. The highest BCUT2D eigenvalue weighted by molar-refractivity contribution is 8.14. The van der Waals surface area contributed by atoms with E-state index in [4.69, 9.17) is 11.6 Å². The summed E-state index contributed by atoms with van der Waals surface area (Å²) in [5, 5.41) is 16.4. The maximum Gasteiger partial charge on any atom is 0.292 e. The Morgan fingerprint density at radius 2 is 2.17 bits per heavy atom. The average molecular weight is 269 g/mol. The van der Waals surface area contributed by atoms with Crippen molar-refractivity contribution in [3.05, 3.63) is 34.4 Å². The number of nitro groups is 1. The van der Waals surface area contributed by atoms with Crippen molar-refractivity contribution in [1.82, 2.24) is 0 Å². The van der Waals surface area contributed by atoms with Gasteiger partial charge in [-0.05, 0) is 6.07 Å². The Morgan fingerprint density at radius 3 is 2.78 bits per heavy atom. The molecule has 18 heavy (non-hydrogen) atoms. The van der Waals surface area contributed by atoms with Gasteiger partial charge in [-0.15, -0.1) is 0 Å². The second kappa shape index (κ2) is 6.45. The van der Waals surface area contributed by atoms with E-state index in [2.05, 4.69) is 10.4 Å². The van der Waals surface area contributed by atoms with Crippen molar-refractivity contribution in [2.24, 2.45) is 16.7 Å². The number of benzene rings is 1. The van der Waals surface area contributed by atoms with E-state index in [0.717, 1.165) is 11.8 Å². The van der Waals surface area contributed by atoms with Crippen LogP contribution in [-0.2, 0) is 4.79 Å². The van der Waals surface area contributed by atoms with Crippen LogP contribution >= 0.6 is 11.8 Å². The summed E-state index contributed by atoms with van der Waals surface area (Å²) in [4.78, 5) is 21.6. The summed E-state index contributed by atoms with van der Waals surface area (Å²) in [7, 11) is 0. The summed E-state index contributed by atoms with van der Waals surface area (Å²) in [6.07, 6.45) is 0. The quantitative estimate of drug-likeness (QED) is 0.239. The third-order valence-corrected chi connectivity index (χ3v) is 2.66. The fourth-order valence-electron chi connectivity index (χ4n) is 1.10. The highest BCUT2D eigenvalue weighted by Gasteiger charge is 2.14. The summed E-state index contributed by atoms with van der Waals surface area (Å²) in [6, 6.07) is 5.85. The molecule has 9 heteroatoms. The van der Waals surface area contributed by atoms with Gasteiger partial charge in [0.25, 0.3) is 5.69 Å². The van der Waals surface area contributed by atoms with Crippen molar-refractivity contribution < 1.29 is 9.72 Å². The number of nitro benzene ring substituents is 1. The van der Waals surface area contributed by atoms with Crippen LogP contribution < -0.4 is 16.9 Å². The number of nitrogens with zero attached hydrogens (tertiary/aromatic N) is 2. The Morgan fingerprint density at radius 1 is 1.50 bits per heavy atom. The molecule has 1 amide bonds. The van der Waals surface area contributed by atoms with Gasteiger partial charge in [-0.25, -0.2) is 0 Å². The maximum atomic E-state index is 11.5. The van der Waals surface area contributed by atoms with Gasteiger partial charge in [-0.3, -0.25) is 14.9 Å². The smallest absolute Gasteiger partial charge is 0.292 e. The lowest BCUT2D eigenvalue weighted by Gasteiger charge is -2.05. The van der Waals surface area contributed by atoms with Crippen molar-refractivity contribution in [2.45, 2.75) is 0 Å². The molecule has 5 N–H and O–H groups in total. The summed E-state index contributed by atoms with van der Waals surface area (Å²) in [6.45, 7) is 0. The molecule has 1 aromatic rings. The Kier molecular flexibility index (Phi) is 4.93. The lowest BCUT2D eigenvalue weighted by Crippen LogP contribution is -2.19. The highest BCUT2D eigenvalue weighted by Crippen LogP contribution is 2.23. The predicted octanol–water partition coefficient (Wildman–Crippen LogP) is 0.455. The molecule has 0 aromatic heterocycles. The Labute approximate surface area is 107 Å². The van der Waals surface area contributed by atoms with E-state index in [1.807, 2.05) is 0 Å². The molecule has 96 valence electrons. The second-order valence-corrected chi connectivity index (χ2v) is 4.07. The minimum atomic E-state index is -0.571. The fourth-order valence-corrected chi connectivity index (χ4v) is 1.53. The normalized spacial score (nSPS) is 11.0. The second-order valence-electron chi connectivity index (χ2n) is 3.08. The van der Waals surface area contributed by atoms with Gasteiger partial charge < -0.3 is 16.9 Å². The van der Waals surface area contributed by atoms with Crippen LogP contribution in [0.25, 0.3) is 0 Å². The monoisotopic (exact) mass is 269 g/mol. The molecular formula is C9H11N5O3S. The number of amidine groups is 1. The molecule has 0 unspecified atom stereocenters. The molecule has 0 radical (unpaired) electrons. The first kappa shape index (κ1) is 13.8. The van der Waals surface area contributed by atoms with Crippen molar-refractivity contribution >= 4 is 34.2 Å². The molecule has 0 heterocycles. The van der Waals surface area contributed by atoms with Crippen molar-refractivity contribution in [3.63, 3.8) is 0 Å². The number of nitrogens with two attached hydrogens (primary N) is 2. The first-order valence-electron chi connectivity index (χ1n) is 4.74. The predicted molar refractivity (Wildman–Crippen MR) is 70.0 cm³/mol. The molecule has 0 aliphatic heterocycles. The summed E-state index contributed by atoms with van der Waals surface area (Å²) < 4.78 is 0. The maximum absolute atomic E-state index is 11.5. The number of rotatable bonds is 4. The molecule has 0 aliphatic rings. The van der Waals surface area contributed by atoms with E-state index in [1.165, 1.54) is 18.2 Å². The van der Waals surface area contributed by atoms with E-state index < -0.39 is 10.8 Å². The number of nitrogens with one attached hydrogen (secondary N) is 1. The summed E-state index contributed by atoms with van der Waals surface area (Å²) in [5.41, 5.74) is 5.26. The number of hydrogen-bond donors (Lipinski definition) is 3. The van der Waals surface area contributed by atoms with Crippen LogP contribution in [0.5, 0.6) is 0 Å². The summed E-state index contributed by atoms with van der Waals surface area (Å²) >= 11 is 0.939. The Hall–Kier alpha value is -2.29. The van der Waals surface area contributed by atoms with Crippen LogP contribution in [0.2, 0.25) is 0 Å². The minimum Gasteiger partial charge on any atom is -0.377 e. The van der Waals surface area contributed by atoms with Gasteiger partial charge in [-0.1, -0.05) is 23.9 Å². The van der Waals surface area contributed by atoms with E-state index in [0.29, 0.717) is 0 Å². The SMILES string of the molecule is NN=C(N)SCC(=O)Nc1ccccc1[N+](=O)[O-]. The van der Waals surface area contributed by atoms with E-state index in [-0.39, 0.29) is 22.3 Å². The number of carbonyl (C=O) groups excluding carboxylic acids is 1. The zero-order valence-electron chi connectivity index (χ0n) is 9.20. The molecule has 0 fully saturated rings. The van der Waals surface area contributed by atoms with Gasteiger partial charge in [0.1, 0.15) is 5.69 Å². The van der Waals surface area contributed by atoms with Crippen molar-refractivity contribution in [1.29, 1.82) is 0 Å². The summed E-state index contributed by atoms with van der Waals surface area (Å²) in [5.74, 6) is 4.44. The third kappa shape index (κ3) is 3.94. The molecule has 0 spiro atoms. The standard InChI is InChI=1S/C9H11N5O3S/c10-9(13-11)18-5-8(15)12-6-3-1-2-4-7(6)14(16)17/h1-4H,5,11H2,(H2,10,13)(H,12,15). The van der Waals surface area contributed by atoms with E-state index >= 15 is 0 Å². The fraction of sp³-hybridized carbons (Fsp3) is 0.111. The molecule has 1 rings (SSSR count). The van der Waals surface area contributed by atoms with Crippen molar-refractivity contribution in [2.75, 3.05) is 11.1 Å². The third-order valence-electron chi connectivity index (χ3n) is 1.85. The molecule has 0 atom stereocenters. The lowest BCUT2D eigenvalue weighted by atomic mass is 10.2. The average Bonchev–Trinajstić information content (AvgIpc) is 2.36. The van der Waals surface area contributed by atoms with Crippen LogP contribution in [0, 0.1) is 10.1 Å². The highest BCUT2D eigenvalue weighted by atomic mass is 32.2. The topological polar surface area (TPSA) is 137 Å². The van der Waals surface area contributed by atoms with Crippen LogP contribution in [0.3, 0.4) is 0 Å². The van der Waals surface area contributed by atoms with Crippen molar-refractivity contribution in [3.8, 4) is 0 Å². The van der Waals surface area contributed by atoms with Crippen LogP contribution in [0.1, 0.15) is 0 Å². The number of amides is 1. The van der Waals surface area contributed by atoms with Gasteiger partial charge in [0, 0.05) is 6.07 Å². The van der Waals surface area contributed by atoms with E-state index in [1.54, 1.807) is 6.07 Å². The van der Waals surface area contributed by atoms with Gasteiger partial charge in [0.05, 0.1) is 10.7 Å². The van der Waals surface area contributed by atoms with Gasteiger partial charge in [0.2, 0.25) is 5.91 Å². The van der Waals surface area contributed by atoms with Crippen LogP contribution in [0.15, 0.2) is 29.4 Å². The minimum absolute atomic E-state index is 0.0292. The first-order valence-corrected chi connectivity index (χ1v) is 5.72. The number of para-hydroxylation sites is 2. The van der Waals surface area contributed by atoms with Crippen LogP contribution in [-0.4, -0.2) is 21.8 Å². The molecule has 0 bridgehead atoms. The zero-order valence-corrected chi connectivity index (χ0v) is 10.0. The van der Waals surface area contributed by atoms with Gasteiger partial charge in [0.15, 0.2) is 5.17 Å². The Bertz CT molecular complexity index is 491. The van der Waals surface area contributed by atoms with E-state index in [9.17, 15) is 14.9 Å². The number of carbonyl (C=O) groups is 1. The lowest BCUT2D eigenvalue weighted by molar-refractivity contribution is -0.383. The number of thioether (sulfide) groups is 1. The molecule has 1 aromatic carbocycles. The molecule has 0 saturated heterocycles. The van der Waals surface area contributed by atoms with Gasteiger partial charge in [-0.2, -0.15) is 5.10 Å². The largest absolute Gasteiger partial charge is 0.377 e. The zero-order chi connectivity index (χ0) is 13.5. The molecular weight excluding hydrogens is 258 g/mol. The number of hydrazone groups is 1.